The first-order valence-electron chi connectivity index (χ1n) is 10.1. The molecule has 0 aliphatic carbocycles. The van der Waals surface area contributed by atoms with Crippen molar-refractivity contribution in [1.29, 1.82) is 0 Å². The average Bonchev–Trinajstić information content (AvgIpc) is 2.92. The van der Waals surface area contributed by atoms with E-state index in [9.17, 15) is 8.78 Å². The van der Waals surface area contributed by atoms with E-state index in [0.717, 1.165) is 62.3 Å². The number of benzene rings is 1. The molecule has 1 aromatic carbocycles. The number of nitrogens with zero attached hydrogens (tertiary/aromatic N) is 2. The van der Waals surface area contributed by atoms with Gasteiger partial charge in [-0.1, -0.05) is 6.07 Å². The molecule has 5 nitrogen and oxygen atoms in total. The van der Waals surface area contributed by atoms with Crippen molar-refractivity contribution in [3.8, 4) is 5.75 Å². The second kappa shape index (κ2) is 9.20. The maximum Gasteiger partial charge on any atom is 0.256 e. The Morgan fingerprint density at radius 2 is 1.82 bits per heavy atom. The zero-order chi connectivity index (χ0) is 19.3. The van der Waals surface area contributed by atoms with Crippen LogP contribution in [0.1, 0.15) is 12.8 Å². The van der Waals surface area contributed by atoms with Crippen LogP contribution < -0.4 is 4.74 Å². The molecule has 3 heterocycles. The lowest BCUT2D eigenvalue weighted by Crippen LogP contribution is -2.42. The summed E-state index contributed by atoms with van der Waals surface area (Å²) in [5, 5.41) is 0.901. The Balaban J connectivity index is 1.33. The van der Waals surface area contributed by atoms with Gasteiger partial charge in [-0.15, -0.1) is 0 Å². The molecule has 2 fully saturated rings. The van der Waals surface area contributed by atoms with E-state index in [0.29, 0.717) is 19.1 Å². The van der Waals surface area contributed by atoms with Crippen molar-refractivity contribution in [3.63, 3.8) is 0 Å². The summed E-state index contributed by atoms with van der Waals surface area (Å²) < 4.78 is 44.5. The number of ether oxygens (including phenoxy) is 3. The number of hydrogen-bond acceptors (Lipinski definition) is 4. The van der Waals surface area contributed by atoms with Crippen LogP contribution in [0, 0.1) is 5.92 Å². The maximum absolute atomic E-state index is 12.8. The van der Waals surface area contributed by atoms with Gasteiger partial charge in [0.1, 0.15) is 11.9 Å². The van der Waals surface area contributed by atoms with Crippen LogP contribution in [0.25, 0.3) is 10.9 Å². The van der Waals surface area contributed by atoms with Crippen LogP contribution in [0.3, 0.4) is 0 Å². The summed E-state index contributed by atoms with van der Waals surface area (Å²) in [4.78, 5) is 2.46. The second-order valence-electron chi connectivity index (χ2n) is 7.68. The zero-order valence-electron chi connectivity index (χ0n) is 16.1. The first kappa shape index (κ1) is 19.6. The van der Waals surface area contributed by atoms with Gasteiger partial charge in [0.05, 0.1) is 38.5 Å². The third kappa shape index (κ3) is 4.82. The van der Waals surface area contributed by atoms with Crippen LogP contribution in [0.4, 0.5) is 8.78 Å². The van der Waals surface area contributed by atoms with E-state index in [2.05, 4.69) is 4.90 Å². The predicted octanol–water partition coefficient (Wildman–Crippen LogP) is 3.41. The second-order valence-corrected chi connectivity index (χ2v) is 7.68. The number of piperidine rings is 1. The van der Waals surface area contributed by atoms with Crippen LogP contribution in [0.2, 0.25) is 0 Å². The molecule has 0 saturated carbocycles. The fourth-order valence-corrected chi connectivity index (χ4v) is 4.13. The Labute approximate surface area is 164 Å². The van der Waals surface area contributed by atoms with E-state index in [-0.39, 0.29) is 12.6 Å². The number of fused-ring (bicyclic) bond motifs is 1. The van der Waals surface area contributed by atoms with E-state index in [4.69, 9.17) is 14.2 Å². The molecule has 2 aliphatic heterocycles. The quantitative estimate of drug-likeness (QED) is 0.752. The third-order valence-electron chi connectivity index (χ3n) is 5.53. The fraction of sp³-hybridized carbons (Fsp3) is 0.619. The third-order valence-corrected chi connectivity index (χ3v) is 5.53. The van der Waals surface area contributed by atoms with Crippen molar-refractivity contribution in [2.24, 2.45) is 5.92 Å². The van der Waals surface area contributed by atoms with Crippen LogP contribution >= 0.6 is 0 Å². The molecule has 0 amide bonds. The lowest BCUT2D eigenvalue weighted by atomic mass is 10.0. The minimum Gasteiger partial charge on any atom is -0.490 e. The van der Waals surface area contributed by atoms with Crippen molar-refractivity contribution in [1.82, 2.24) is 9.47 Å². The van der Waals surface area contributed by atoms with Gasteiger partial charge in [0, 0.05) is 37.1 Å². The molecule has 0 atom stereocenters. The molecule has 2 aliphatic rings. The Morgan fingerprint density at radius 1 is 1.07 bits per heavy atom. The molecule has 4 rings (SSSR count). The number of aromatic nitrogens is 1. The van der Waals surface area contributed by atoms with Crippen molar-refractivity contribution < 1.29 is 23.0 Å². The molecule has 7 heteroatoms. The Kier molecular flexibility index (Phi) is 6.44. The summed E-state index contributed by atoms with van der Waals surface area (Å²) in [6, 6.07) is 7.54. The van der Waals surface area contributed by atoms with Crippen molar-refractivity contribution >= 4 is 10.9 Å². The Morgan fingerprint density at radius 3 is 2.54 bits per heavy atom. The summed E-state index contributed by atoms with van der Waals surface area (Å²) in [7, 11) is 0. The summed E-state index contributed by atoms with van der Waals surface area (Å²) in [6.45, 7) is 5.61. The molecule has 154 valence electrons. The van der Waals surface area contributed by atoms with Crippen LogP contribution in [0.5, 0.6) is 5.75 Å². The Bertz CT molecular complexity index is 751. The van der Waals surface area contributed by atoms with E-state index >= 15 is 0 Å². The normalized spacial score (nSPS) is 20.7. The molecule has 2 aromatic rings. The molecule has 1 aromatic heterocycles. The van der Waals surface area contributed by atoms with Gasteiger partial charge in [-0.3, -0.25) is 0 Å². The monoisotopic (exact) mass is 394 g/mol. The zero-order valence-corrected chi connectivity index (χ0v) is 16.1. The maximum atomic E-state index is 12.8. The first-order valence-corrected chi connectivity index (χ1v) is 10.1. The van der Waals surface area contributed by atoms with Gasteiger partial charge in [-0.2, -0.15) is 0 Å². The van der Waals surface area contributed by atoms with E-state index < -0.39 is 6.43 Å². The number of hydrogen-bond donors (Lipinski definition) is 0. The van der Waals surface area contributed by atoms with Crippen LogP contribution in [-0.2, 0) is 16.0 Å². The van der Waals surface area contributed by atoms with Gasteiger partial charge in [0.25, 0.3) is 6.43 Å². The molecule has 0 radical (unpaired) electrons. The number of rotatable bonds is 6. The summed E-state index contributed by atoms with van der Waals surface area (Å²) in [5.74, 6) is 1.22. The molecule has 2 saturated heterocycles. The van der Waals surface area contributed by atoms with E-state index in [1.165, 1.54) is 0 Å². The first-order chi connectivity index (χ1) is 13.7. The minimum atomic E-state index is -2.37. The molecule has 0 unspecified atom stereocenters. The highest BCUT2D eigenvalue weighted by molar-refractivity contribution is 5.86. The summed E-state index contributed by atoms with van der Waals surface area (Å²) >= 11 is 0. The van der Waals surface area contributed by atoms with Crippen molar-refractivity contribution in [2.75, 3.05) is 46.1 Å². The van der Waals surface area contributed by atoms with Crippen molar-refractivity contribution in [2.45, 2.75) is 31.9 Å². The highest BCUT2D eigenvalue weighted by Gasteiger charge is 2.24. The number of halogens is 2. The highest BCUT2D eigenvalue weighted by atomic mass is 19.3. The van der Waals surface area contributed by atoms with E-state index in [1.54, 1.807) is 10.8 Å². The van der Waals surface area contributed by atoms with Gasteiger partial charge in [0.15, 0.2) is 0 Å². The lowest BCUT2D eigenvalue weighted by molar-refractivity contribution is 0.0642. The van der Waals surface area contributed by atoms with Crippen LogP contribution in [-0.4, -0.2) is 68.1 Å². The standard InChI is InChI=1S/C21H28F2N2O3/c22-21(23)13-25-9-6-18-19(25)2-1-3-20(18)28-17-4-7-24(8-5-17)12-16-14-26-10-11-27-15-16/h1-3,6,9,16-17,21H,4-5,7-8,10-15H2. The van der Waals surface area contributed by atoms with Gasteiger partial charge in [-0.25, -0.2) is 8.78 Å². The number of alkyl halides is 2. The topological polar surface area (TPSA) is 35.9 Å². The SMILES string of the molecule is FC(F)Cn1ccc2c(OC3CCN(CC4COCCOC4)CC3)cccc21. The molecule has 0 bridgehead atoms. The molecular weight excluding hydrogens is 366 g/mol. The van der Waals surface area contributed by atoms with Crippen LogP contribution in [0.15, 0.2) is 30.5 Å². The van der Waals surface area contributed by atoms with Crippen molar-refractivity contribution in [3.05, 3.63) is 30.5 Å². The van der Waals surface area contributed by atoms with Gasteiger partial charge >= 0.3 is 0 Å². The fourth-order valence-electron chi connectivity index (χ4n) is 4.13. The summed E-state index contributed by atoms with van der Waals surface area (Å²) in [6.07, 6.45) is 1.42. The van der Waals surface area contributed by atoms with Gasteiger partial charge in [0.2, 0.25) is 0 Å². The Hall–Kier alpha value is -1.70. The summed E-state index contributed by atoms with van der Waals surface area (Å²) in [5.41, 5.74) is 0.795. The molecule has 28 heavy (non-hydrogen) atoms. The van der Waals surface area contributed by atoms with E-state index in [1.807, 2.05) is 24.3 Å². The highest BCUT2D eigenvalue weighted by Crippen LogP contribution is 2.29. The van der Waals surface area contributed by atoms with Gasteiger partial charge < -0.3 is 23.7 Å². The average molecular weight is 394 g/mol. The largest absolute Gasteiger partial charge is 0.490 e. The molecule has 0 spiro atoms. The smallest absolute Gasteiger partial charge is 0.256 e. The lowest BCUT2D eigenvalue weighted by Gasteiger charge is -2.34. The number of likely N-dealkylation sites (tertiary alicyclic amines) is 1. The van der Waals surface area contributed by atoms with Gasteiger partial charge in [-0.05, 0) is 31.0 Å². The molecule has 0 N–H and O–H groups in total. The molecular formula is C21H28F2N2O3. The minimum absolute atomic E-state index is 0.155. The predicted molar refractivity (Wildman–Crippen MR) is 103 cm³/mol.